The van der Waals surface area contributed by atoms with Crippen LogP contribution >= 0.6 is 0 Å². The van der Waals surface area contributed by atoms with Gasteiger partial charge >= 0.3 is 5.97 Å². The standard InChI is InChI=1S/C19H20FNO5/c1-12(26-16-6-4-3-5-15(16)20)18(22)21-10-9-13-7-8-14(19(23)24)11-17(13)25-2/h3-8,11-12H,9-10H2,1-2H3,(H,21,22)(H,23,24). The van der Waals surface area contributed by atoms with Gasteiger partial charge in [0.2, 0.25) is 0 Å². The lowest BCUT2D eigenvalue weighted by Gasteiger charge is -2.15. The van der Waals surface area contributed by atoms with Gasteiger partial charge < -0.3 is 19.9 Å². The van der Waals surface area contributed by atoms with Crippen LogP contribution in [0.1, 0.15) is 22.8 Å². The number of rotatable bonds is 8. The topological polar surface area (TPSA) is 84.9 Å². The lowest BCUT2D eigenvalue weighted by Crippen LogP contribution is -2.37. The molecule has 6 nitrogen and oxygen atoms in total. The van der Waals surface area contributed by atoms with E-state index in [1.165, 1.54) is 44.4 Å². The molecule has 0 fully saturated rings. The second-order valence-corrected chi connectivity index (χ2v) is 5.56. The average molecular weight is 361 g/mol. The molecule has 0 saturated heterocycles. The minimum absolute atomic E-state index is 0.0149. The molecule has 0 spiro atoms. The third-order valence-corrected chi connectivity index (χ3v) is 3.74. The molecule has 0 bridgehead atoms. The van der Waals surface area contributed by atoms with Crippen LogP contribution in [-0.4, -0.2) is 36.7 Å². The molecule has 0 aliphatic carbocycles. The van der Waals surface area contributed by atoms with Gasteiger partial charge in [0.25, 0.3) is 5.91 Å². The molecular formula is C19H20FNO5. The summed E-state index contributed by atoms with van der Waals surface area (Å²) >= 11 is 0. The van der Waals surface area contributed by atoms with Crippen molar-refractivity contribution in [2.24, 2.45) is 0 Å². The molecule has 1 unspecified atom stereocenters. The average Bonchev–Trinajstić information content (AvgIpc) is 2.63. The first-order chi connectivity index (χ1) is 12.4. The summed E-state index contributed by atoms with van der Waals surface area (Å²) in [6, 6.07) is 10.4. The number of carbonyl (C=O) groups excluding carboxylic acids is 1. The normalized spacial score (nSPS) is 11.5. The number of carbonyl (C=O) groups is 2. The fourth-order valence-corrected chi connectivity index (χ4v) is 2.33. The number of hydrogen-bond acceptors (Lipinski definition) is 4. The molecule has 2 rings (SSSR count). The number of halogens is 1. The Morgan fingerprint density at radius 1 is 1.19 bits per heavy atom. The Balaban J connectivity index is 1.90. The SMILES string of the molecule is COc1cc(C(=O)O)ccc1CCNC(=O)C(C)Oc1ccccc1F. The number of carboxylic acids is 1. The summed E-state index contributed by atoms with van der Waals surface area (Å²) in [5.74, 6) is -1.50. The summed E-state index contributed by atoms with van der Waals surface area (Å²) < 4.78 is 24.1. The van der Waals surface area contributed by atoms with E-state index in [0.29, 0.717) is 18.7 Å². The van der Waals surface area contributed by atoms with Crippen LogP contribution < -0.4 is 14.8 Å². The second kappa shape index (κ2) is 8.84. The van der Waals surface area contributed by atoms with Crippen molar-refractivity contribution in [2.45, 2.75) is 19.4 Å². The van der Waals surface area contributed by atoms with Crippen LogP contribution in [0.25, 0.3) is 0 Å². The summed E-state index contributed by atoms with van der Waals surface area (Å²) in [5, 5.41) is 11.7. The van der Waals surface area contributed by atoms with Crippen molar-refractivity contribution in [3.05, 3.63) is 59.4 Å². The number of nitrogens with one attached hydrogen (secondary N) is 1. The van der Waals surface area contributed by atoms with Gasteiger partial charge in [-0.05, 0) is 43.2 Å². The molecule has 1 atom stereocenters. The van der Waals surface area contributed by atoms with Gasteiger partial charge in [0, 0.05) is 6.54 Å². The quantitative estimate of drug-likeness (QED) is 0.755. The first-order valence-corrected chi connectivity index (χ1v) is 8.01. The van der Waals surface area contributed by atoms with E-state index in [1.807, 2.05) is 0 Å². The van der Waals surface area contributed by atoms with Gasteiger partial charge in [-0.25, -0.2) is 9.18 Å². The molecule has 0 saturated carbocycles. The number of amides is 1. The van der Waals surface area contributed by atoms with Gasteiger partial charge in [-0.2, -0.15) is 0 Å². The molecule has 2 aromatic carbocycles. The molecule has 138 valence electrons. The fraction of sp³-hybridized carbons (Fsp3) is 0.263. The van der Waals surface area contributed by atoms with E-state index in [-0.39, 0.29) is 17.2 Å². The summed E-state index contributed by atoms with van der Waals surface area (Å²) in [5.41, 5.74) is 0.891. The minimum Gasteiger partial charge on any atom is -0.496 e. The van der Waals surface area contributed by atoms with Crippen LogP contribution in [0.3, 0.4) is 0 Å². The zero-order chi connectivity index (χ0) is 19.1. The highest BCUT2D eigenvalue weighted by atomic mass is 19.1. The van der Waals surface area contributed by atoms with Crippen molar-refractivity contribution >= 4 is 11.9 Å². The van der Waals surface area contributed by atoms with Gasteiger partial charge in [0.05, 0.1) is 12.7 Å². The largest absolute Gasteiger partial charge is 0.496 e. The van der Waals surface area contributed by atoms with Crippen molar-refractivity contribution in [3.63, 3.8) is 0 Å². The van der Waals surface area contributed by atoms with E-state index < -0.39 is 17.9 Å². The van der Waals surface area contributed by atoms with Crippen LogP contribution in [0, 0.1) is 5.82 Å². The molecule has 2 aromatic rings. The Labute approximate surface area is 150 Å². The Hall–Kier alpha value is -3.09. The Morgan fingerprint density at radius 2 is 1.92 bits per heavy atom. The Bertz CT molecular complexity index is 793. The lowest BCUT2D eigenvalue weighted by molar-refractivity contribution is -0.127. The van der Waals surface area contributed by atoms with Crippen LogP contribution in [0.5, 0.6) is 11.5 Å². The second-order valence-electron chi connectivity index (χ2n) is 5.56. The lowest BCUT2D eigenvalue weighted by atomic mass is 10.1. The third kappa shape index (κ3) is 4.95. The minimum atomic E-state index is -1.04. The summed E-state index contributed by atoms with van der Waals surface area (Å²) in [6.07, 6.45) is -0.412. The molecule has 1 amide bonds. The number of hydrogen-bond donors (Lipinski definition) is 2. The maximum atomic E-state index is 13.5. The molecule has 0 aromatic heterocycles. The maximum absolute atomic E-state index is 13.5. The smallest absolute Gasteiger partial charge is 0.335 e. The van der Waals surface area contributed by atoms with Gasteiger partial charge in [0.15, 0.2) is 17.7 Å². The number of ether oxygens (including phenoxy) is 2. The van der Waals surface area contributed by atoms with Crippen molar-refractivity contribution in [2.75, 3.05) is 13.7 Å². The van der Waals surface area contributed by atoms with Crippen LogP contribution in [0.2, 0.25) is 0 Å². The molecule has 0 aliphatic heterocycles. The molecule has 7 heteroatoms. The zero-order valence-corrected chi connectivity index (χ0v) is 14.5. The number of aromatic carboxylic acids is 1. The highest BCUT2D eigenvalue weighted by molar-refractivity contribution is 5.88. The number of carboxylic acid groups (broad SMARTS) is 1. The van der Waals surface area contributed by atoms with Crippen molar-refractivity contribution < 1.29 is 28.6 Å². The van der Waals surface area contributed by atoms with E-state index in [9.17, 15) is 14.0 Å². The summed E-state index contributed by atoms with van der Waals surface area (Å²) in [7, 11) is 1.45. The van der Waals surface area contributed by atoms with Crippen molar-refractivity contribution in [1.82, 2.24) is 5.32 Å². The predicted octanol–water partition coefficient (Wildman–Crippen LogP) is 2.66. The van der Waals surface area contributed by atoms with Crippen LogP contribution in [0.4, 0.5) is 4.39 Å². The highest BCUT2D eigenvalue weighted by Crippen LogP contribution is 2.21. The zero-order valence-electron chi connectivity index (χ0n) is 14.5. The van der Waals surface area contributed by atoms with Gasteiger partial charge in [0.1, 0.15) is 5.75 Å². The summed E-state index contributed by atoms with van der Waals surface area (Å²) in [6.45, 7) is 1.83. The van der Waals surface area contributed by atoms with Crippen LogP contribution in [-0.2, 0) is 11.2 Å². The number of methoxy groups -OCH3 is 1. The van der Waals surface area contributed by atoms with Gasteiger partial charge in [-0.1, -0.05) is 18.2 Å². The molecule has 2 N–H and O–H groups in total. The third-order valence-electron chi connectivity index (χ3n) is 3.74. The van der Waals surface area contributed by atoms with E-state index in [0.717, 1.165) is 5.56 Å². The molecule has 26 heavy (non-hydrogen) atoms. The molecule has 0 heterocycles. The fourth-order valence-electron chi connectivity index (χ4n) is 2.33. The predicted molar refractivity (Wildman–Crippen MR) is 93.2 cm³/mol. The monoisotopic (exact) mass is 361 g/mol. The highest BCUT2D eigenvalue weighted by Gasteiger charge is 2.16. The van der Waals surface area contributed by atoms with Crippen LogP contribution in [0.15, 0.2) is 42.5 Å². The van der Waals surface area contributed by atoms with E-state index in [2.05, 4.69) is 5.32 Å². The summed E-state index contributed by atoms with van der Waals surface area (Å²) in [4.78, 5) is 23.1. The van der Waals surface area contributed by atoms with E-state index in [1.54, 1.807) is 12.1 Å². The maximum Gasteiger partial charge on any atom is 0.335 e. The van der Waals surface area contributed by atoms with Crippen molar-refractivity contribution in [3.8, 4) is 11.5 Å². The number of para-hydroxylation sites is 1. The molecular weight excluding hydrogens is 341 g/mol. The molecule has 0 radical (unpaired) electrons. The van der Waals surface area contributed by atoms with E-state index in [4.69, 9.17) is 14.6 Å². The van der Waals surface area contributed by atoms with Crippen molar-refractivity contribution in [1.29, 1.82) is 0 Å². The first kappa shape index (κ1) is 19.2. The Kier molecular flexibility index (Phi) is 6.54. The number of benzene rings is 2. The van der Waals surface area contributed by atoms with Gasteiger partial charge in [-0.3, -0.25) is 4.79 Å². The molecule has 0 aliphatic rings. The Morgan fingerprint density at radius 3 is 2.58 bits per heavy atom. The first-order valence-electron chi connectivity index (χ1n) is 8.01. The van der Waals surface area contributed by atoms with Gasteiger partial charge in [-0.15, -0.1) is 0 Å². The van der Waals surface area contributed by atoms with E-state index >= 15 is 0 Å².